The van der Waals surface area contributed by atoms with Crippen LogP contribution in [-0.2, 0) is 16.6 Å². The van der Waals surface area contributed by atoms with Gasteiger partial charge in [-0.15, -0.1) is 9.19 Å². The maximum atomic E-state index is 12.5. The minimum absolute atomic E-state index is 0.0118. The third-order valence-corrected chi connectivity index (χ3v) is 5.04. The van der Waals surface area contributed by atoms with Crippen molar-refractivity contribution in [3.05, 3.63) is 65.5 Å². The van der Waals surface area contributed by atoms with E-state index in [2.05, 4.69) is 25.6 Å². The largest absolute Gasteiger partial charge is 0.345 e. The molecule has 1 aromatic carbocycles. The van der Waals surface area contributed by atoms with E-state index in [0.717, 1.165) is 9.65 Å². The lowest BCUT2D eigenvalue weighted by Crippen LogP contribution is -2.24. The zero-order chi connectivity index (χ0) is 18.7. The standard InChI is InChI=1S/C16H16N6O3S/c1-11-3-5-14(6-4-11)26(24,25)22-10-13(20-21-22)8-18-16(23)15-9-17-7-12(2)19-15/h3-7,9-10H,8H2,1-2H3,(H,18,23). The second kappa shape index (κ2) is 7.00. The molecule has 0 bridgehead atoms. The van der Waals surface area contributed by atoms with Gasteiger partial charge in [0.05, 0.1) is 29.5 Å². The molecular formula is C16H16N6O3S. The molecule has 0 fully saturated rings. The van der Waals surface area contributed by atoms with Crippen molar-refractivity contribution in [2.24, 2.45) is 0 Å². The average Bonchev–Trinajstić information content (AvgIpc) is 3.10. The maximum Gasteiger partial charge on any atom is 0.284 e. The summed E-state index contributed by atoms with van der Waals surface area (Å²) in [5.74, 6) is -0.433. The number of aromatic nitrogens is 5. The number of hydrogen-bond acceptors (Lipinski definition) is 7. The molecule has 0 radical (unpaired) electrons. The molecule has 0 aliphatic carbocycles. The first-order valence-electron chi connectivity index (χ1n) is 7.66. The molecule has 26 heavy (non-hydrogen) atoms. The zero-order valence-electron chi connectivity index (χ0n) is 14.1. The Morgan fingerprint density at radius 2 is 1.88 bits per heavy atom. The Labute approximate surface area is 150 Å². The fourth-order valence-corrected chi connectivity index (χ4v) is 3.22. The van der Waals surface area contributed by atoms with Crippen molar-refractivity contribution in [3.63, 3.8) is 0 Å². The first-order chi connectivity index (χ1) is 12.4. The molecule has 3 rings (SSSR count). The van der Waals surface area contributed by atoms with E-state index in [9.17, 15) is 13.2 Å². The van der Waals surface area contributed by atoms with Crippen LogP contribution < -0.4 is 5.32 Å². The minimum atomic E-state index is -3.82. The summed E-state index contributed by atoms with van der Waals surface area (Å²) in [7, 11) is -3.82. The minimum Gasteiger partial charge on any atom is -0.345 e. The topological polar surface area (TPSA) is 120 Å². The van der Waals surface area contributed by atoms with Gasteiger partial charge in [0.25, 0.3) is 15.9 Å². The second-order valence-corrected chi connectivity index (χ2v) is 7.42. The van der Waals surface area contributed by atoms with E-state index in [4.69, 9.17) is 0 Å². The highest BCUT2D eigenvalue weighted by molar-refractivity contribution is 7.89. The van der Waals surface area contributed by atoms with Gasteiger partial charge in [0.1, 0.15) is 11.4 Å². The van der Waals surface area contributed by atoms with Gasteiger partial charge in [-0.05, 0) is 26.0 Å². The lowest BCUT2D eigenvalue weighted by Gasteiger charge is -2.04. The van der Waals surface area contributed by atoms with E-state index >= 15 is 0 Å². The third kappa shape index (κ3) is 3.75. The Balaban J connectivity index is 1.72. The molecule has 0 atom stereocenters. The third-order valence-electron chi connectivity index (χ3n) is 3.50. The predicted octanol–water partition coefficient (Wildman–Crippen LogP) is 0.852. The molecule has 0 saturated carbocycles. The van der Waals surface area contributed by atoms with E-state index in [1.54, 1.807) is 19.1 Å². The van der Waals surface area contributed by atoms with Gasteiger partial charge >= 0.3 is 0 Å². The molecular weight excluding hydrogens is 356 g/mol. The van der Waals surface area contributed by atoms with Gasteiger partial charge in [0.2, 0.25) is 0 Å². The van der Waals surface area contributed by atoms with E-state index in [0.29, 0.717) is 11.4 Å². The molecule has 0 aliphatic rings. The average molecular weight is 372 g/mol. The van der Waals surface area contributed by atoms with Gasteiger partial charge in [0, 0.05) is 6.20 Å². The molecule has 0 spiro atoms. The van der Waals surface area contributed by atoms with Gasteiger partial charge in [-0.2, -0.15) is 8.42 Å². The van der Waals surface area contributed by atoms with Crippen LogP contribution in [0.2, 0.25) is 0 Å². The molecule has 1 amide bonds. The van der Waals surface area contributed by atoms with Crippen molar-refractivity contribution in [1.29, 1.82) is 0 Å². The Bertz CT molecular complexity index is 1040. The fourth-order valence-electron chi connectivity index (χ4n) is 2.13. The summed E-state index contributed by atoms with van der Waals surface area (Å²) in [4.78, 5) is 20.1. The monoisotopic (exact) mass is 372 g/mol. The highest BCUT2D eigenvalue weighted by atomic mass is 32.2. The van der Waals surface area contributed by atoms with Crippen molar-refractivity contribution in [2.45, 2.75) is 25.3 Å². The number of carbonyl (C=O) groups excluding carboxylic acids is 1. The summed E-state index contributed by atoms with van der Waals surface area (Å²) in [6.07, 6.45) is 4.15. The molecule has 10 heteroatoms. The van der Waals surface area contributed by atoms with Gasteiger partial charge in [-0.25, -0.2) is 4.98 Å². The van der Waals surface area contributed by atoms with Gasteiger partial charge in [-0.3, -0.25) is 9.78 Å². The molecule has 0 saturated heterocycles. The van der Waals surface area contributed by atoms with Crippen molar-refractivity contribution < 1.29 is 13.2 Å². The van der Waals surface area contributed by atoms with E-state index in [-0.39, 0.29) is 17.1 Å². The van der Waals surface area contributed by atoms with Crippen LogP contribution in [0.1, 0.15) is 27.4 Å². The molecule has 1 N–H and O–H groups in total. The molecule has 3 aromatic rings. The number of nitrogens with zero attached hydrogens (tertiary/aromatic N) is 5. The molecule has 0 unspecified atom stereocenters. The Morgan fingerprint density at radius 1 is 1.15 bits per heavy atom. The maximum absolute atomic E-state index is 12.5. The van der Waals surface area contributed by atoms with Crippen LogP contribution in [0.5, 0.6) is 0 Å². The quantitative estimate of drug-likeness (QED) is 0.705. The number of nitrogens with one attached hydrogen (secondary N) is 1. The summed E-state index contributed by atoms with van der Waals surface area (Å²) in [5, 5.41) is 10.0. The SMILES string of the molecule is Cc1ccc(S(=O)(=O)n2cc(CNC(=O)c3cncc(C)n3)nn2)cc1. The van der Waals surface area contributed by atoms with Crippen LogP contribution in [0.15, 0.2) is 47.8 Å². The fraction of sp³-hybridized carbons (Fsp3) is 0.188. The first kappa shape index (κ1) is 17.7. The summed E-state index contributed by atoms with van der Waals surface area (Å²) < 4.78 is 25.8. The zero-order valence-corrected chi connectivity index (χ0v) is 14.9. The lowest BCUT2D eigenvalue weighted by molar-refractivity contribution is 0.0944. The van der Waals surface area contributed by atoms with Crippen LogP contribution in [0.3, 0.4) is 0 Å². The lowest BCUT2D eigenvalue weighted by atomic mass is 10.2. The summed E-state index contributed by atoms with van der Waals surface area (Å²) >= 11 is 0. The van der Waals surface area contributed by atoms with E-state index in [1.807, 2.05) is 6.92 Å². The van der Waals surface area contributed by atoms with Crippen molar-refractivity contribution in [1.82, 2.24) is 29.7 Å². The normalized spacial score (nSPS) is 11.3. The van der Waals surface area contributed by atoms with Gasteiger partial charge in [-0.1, -0.05) is 22.9 Å². The molecule has 134 valence electrons. The van der Waals surface area contributed by atoms with Crippen molar-refractivity contribution in [3.8, 4) is 0 Å². The number of rotatable bonds is 5. The number of amides is 1. The summed E-state index contributed by atoms with van der Waals surface area (Å²) in [5.41, 5.74) is 2.04. The molecule has 2 heterocycles. The van der Waals surface area contributed by atoms with Crippen LogP contribution in [0.4, 0.5) is 0 Å². The Hall–Kier alpha value is -3.14. The van der Waals surface area contributed by atoms with Crippen LogP contribution in [-0.4, -0.2) is 38.7 Å². The van der Waals surface area contributed by atoms with E-state index < -0.39 is 15.9 Å². The van der Waals surface area contributed by atoms with Crippen LogP contribution >= 0.6 is 0 Å². The smallest absolute Gasteiger partial charge is 0.284 e. The molecule has 0 aliphatic heterocycles. The number of benzene rings is 1. The van der Waals surface area contributed by atoms with Crippen LogP contribution in [0.25, 0.3) is 0 Å². The first-order valence-corrected chi connectivity index (χ1v) is 9.10. The molecule has 2 aromatic heterocycles. The summed E-state index contributed by atoms with van der Waals surface area (Å²) in [6.45, 7) is 3.61. The Kier molecular flexibility index (Phi) is 4.76. The highest BCUT2D eigenvalue weighted by Gasteiger charge is 2.19. The predicted molar refractivity (Wildman–Crippen MR) is 91.7 cm³/mol. The second-order valence-electron chi connectivity index (χ2n) is 5.63. The summed E-state index contributed by atoms with van der Waals surface area (Å²) in [6, 6.07) is 6.41. The van der Waals surface area contributed by atoms with E-state index in [1.165, 1.54) is 30.7 Å². The Morgan fingerprint density at radius 3 is 2.58 bits per heavy atom. The van der Waals surface area contributed by atoms with Crippen molar-refractivity contribution >= 4 is 15.9 Å². The van der Waals surface area contributed by atoms with Gasteiger partial charge < -0.3 is 5.32 Å². The number of hydrogen-bond donors (Lipinski definition) is 1. The molecule has 9 nitrogen and oxygen atoms in total. The number of carbonyl (C=O) groups is 1. The number of aryl methyl sites for hydroxylation is 2. The van der Waals surface area contributed by atoms with Crippen LogP contribution in [0, 0.1) is 13.8 Å². The highest BCUT2D eigenvalue weighted by Crippen LogP contribution is 2.13. The van der Waals surface area contributed by atoms with Gasteiger partial charge in [0.15, 0.2) is 0 Å². The van der Waals surface area contributed by atoms with Crippen molar-refractivity contribution in [2.75, 3.05) is 0 Å².